The molecule has 0 saturated carbocycles. The summed E-state index contributed by atoms with van der Waals surface area (Å²) >= 11 is 0. The van der Waals surface area contributed by atoms with Gasteiger partial charge in [0.05, 0.1) is 0 Å². The quantitative estimate of drug-likeness (QED) is 0.0261. The third kappa shape index (κ3) is 62.9. The fraction of sp³-hybridized carbons (Fsp3) is 0.708. The topological polar surface area (TPSA) is 78.9 Å². The Morgan fingerprint density at radius 3 is 0.821 bits per heavy atom. The summed E-state index contributed by atoms with van der Waals surface area (Å²) in [5.74, 6) is -0.890. The predicted octanol–water partition coefficient (Wildman–Crippen LogP) is 22.6. The van der Waals surface area contributed by atoms with E-state index < -0.39 is 6.10 Å². The van der Waals surface area contributed by atoms with Crippen molar-refractivity contribution in [3.05, 3.63) is 109 Å². The normalized spacial score (nSPS) is 12.8. The maximum absolute atomic E-state index is 12.9. The summed E-state index contributed by atoms with van der Waals surface area (Å²) in [6.45, 7) is 6.49. The molecule has 0 amide bonds. The van der Waals surface area contributed by atoms with Crippen LogP contribution < -0.4 is 0 Å². The van der Waals surface area contributed by atoms with Crippen LogP contribution in [0, 0.1) is 0 Å². The van der Waals surface area contributed by atoms with Gasteiger partial charge in [-0.1, -0.05) is 297 Å². The van der Waals surface area contributed by atoms with Crippen LogP contribution in [0.15, 0.2) is 109 Å². The Hall–Kier alpha value is -3.93. The second-order valence-electron chi connectivity index (χ2n) is 21.6. The molecule has 0 aromatic heterocycles. The van der Waals surface area contributed by atoms with E-state index in [1.165, 1.54) is 141 Å². The van der Waals surface area contributed by atoms with Gasteiger partial charge in [0.25, 0.3) is 0 Å². The van der Waals surface area contributed by atoms with E-state index in [0.717, 1.165) is 128 Å². The molecule has 0 spiro atoms. The Kier molecular flexibility index (Phi) is 62.3. The third-order valence-electron chi connectivity index (χ3n) is 14.0. The fourth-order valence-corrected chi connectivity index (χ4v) is 9.09. The summed E-state index contributed by atoms with van der Waals surface area (Å²) in [4.78, 5) is 38.3. The molecule has 0 aliphatic rings. The van der Waals surface area contributed by atoms with Gasteiger partial charge in [-0.2, -0.15) is 0 Å². The number of esters is 3. The van der Waals surface area contributed by atoms with Crippen molar-refractivity contribution in [2.45, 2.75) is 316 Å². The SMILES string of the molecule is CC/C=C\C/C=C\C/C=C\C/C=C\C/C=C\C/C=C\C/C=C\CCCCCCCCCCCCCC(=O)OCC(COC(=O)CCCCCCCCCCCCCCC)OC(=O)CCCCCCC/C=C\C/C=C\CCCC. The Morgan fingerprint density at radius 1 is 0.269 bits per heavy atom. The van der Waals surface area contributed by atoms with Crippen LogP contribution in [-0.2, 0) is 28.6 Å². The number of rotatable bonds is 59. The molecule has 6 heteroatoms. The highest BCUT2D eigenvalue weighted by atomic mass is 16.6. The Morgan fingerprint density at radius 2 is 0.513 bits per heavy atom. The number of hydrogen-bond donors (Lipinski definition) is 0. The molecule has 6 nitrogen and oxygen atoms in total. The van der Waals surface area contributed by atoms with Gasteiger partial charge in [-0.3, -0.25) is 14.4 Å². The Bertz CT molecular complexity index is 1570. The summed E-state index contributed by atoms with van der Waals surface area (Å²) in [6.07, 6.45) is 89.6. The predicted molar refractivity (Wildman–Crippen MR) is 339 cm³/mol. The zero-order valence-corrected chi connectivity index (χ0v) is 51.2. The standard InChI is InChI=1S/C72H122O6/c1-4-7-10-13-16-19-22-25-27-28-29-30-31-32-33-34-35-36-37-38-39-40-41-42-43-44-45-48-50-53-56-59-62-65-71(74)77-68-69(67-76-70(73)64-61-58-55-52-49-46-24-21-18-15-12-9-6-3)78-72(75)66-63-60-57-54-51-47-26-23-20-17-14-11-8-5-2/h7,10,14,16-17,19,23,25-27,29-30,32-33,35-36,38-39,69H,4-6,8-9,11-13,15,18,20-22,24,28,31,34,37,40-68H2,1-3H3/b10-7-,17-14-,19-16-,26-23-,27-25-,30-29-,33-32-,36-35-,39-38-. The van der Waals surface area contributed by atoms with E-state index >= 15 is 0 Å². The average molecular weight is 1080 g/mol. The van der Waals surface area contributed by atoms with Crippen molar-refractivity contribution in [2.75, 3.05) is 13.2 Å². The zero-order valence-electron chi connectivity index (χ0n) is 51.2. The highest BCUT2D eigenvalue weighted by Gasteiger charge is 2.19. The van der Waals surface area contributed by atoms with Gasteiger partial charge in [-0.15, -0.1) is 0 Å². The largest absolute Gasteiger partial charge is 0.462 e. The second kappa shape index (κ2) is 65.6. The van der Waals surface area contributed by atoms with Crippen molar-refractivity contribution >= 4 is 17.9 Å². The number of unbranched alkanes of at least 4 members (excludes halogenated alkanes) is 30. The van der Waals surface area contributed by atoms with Crippen LogP contribution >= 0.6 is 0 Å². The number of carbonyl (C=O) groups excluding carboxylic acids is 3. The van der Waals surface area contributed by atoms with Crippen molar-refractivity contribution < 1.29 is 28.6 Å². The van der Waals surface area contributed by atoms with Gasteiger partial charge in [-0.05, 0) is 103 Å². The van der Waals surface area contributed by atoms with Gasteiger partial charge >= 0.3 is 17.9 Å². The van der Waals surface area contributed by atoms with E-state index in [4.69, 9.17) is 14.2 Å². The van der Waals surface area contributed by atoms with Gasteiger partial charge in [0, 0.05) is 19.3 Å². The number of allylic oxidation sites excluding steroid dienone is 18. The molecule has 0 heterocycles. The van der Waals surface area contributed by atoms with Crippen LogP contribution in [0.1, 0.15) is 310 Å². The molecular formula is C72H122O6. The lowest BCUT2D eigenvalue weighted by Gasteiger charge is -2.18. The summed E-state index contributed by atoms with van der Waals surface area (Å²) in [6, 6.07) is 0. The Balaban J connectivity index is 4.21. The van der Waals surface area contributed by atoms with E-state index in [-0.39, 0.29) is 31.1 Å². The highest BCUT2D eigenvalue weighted by Crippen LogP contribution is 2.16. The smallest absolute Gasteiger partial charge is 0.306 e. The maximum Gasteiger partial charge on any atom is 0.306 e. The molecule has 1 unspecified atom stereocenters. The highest BCUT2D eigenvalue weighted by molar-refractivity contribution is 5.71. The molecule has 0 N–H and O–H groups in total. The second-order valence-corrected chi connectivity index (χ2v) is 21.6. The Labute approximate surface area is 482 Å². The summed E-state index contributed by atoms with van der Waals surface area (Å²) < 4.78 is 16.9. The van der Waals surface area contributed by atoms with Crippen LogP contribution in [0.4, 0.5) is 0 Å². The lowest BCUT2D eigenvalue weighted by atomic mass is 10.0. The molecule has 0 fully saturated rings. The first kappa shape index (κ1) is 74.1. The molecule has 0 aliphatic heterocycles. The molecule has 0 aromatic carbocycles. The van der Waals surface area contributed by atoms with Crippen LogP contribution in [0.3, 0.4) is 0 Å². The molecular weight excluding hydrogens is 961 g/mol. The van der Waals surface area contributed by atoms with Crippen LogP contribution in [0.25, 0.3) is 0 Å². The van der Waals surface area contributed by atoms with E-state index in [9.17, 15) is 14.4 Å². The van der Waals surface area contributed by atoms with Crippen molar-refractivity contribution in [3.8, 4) is 0 Å². The molecule has 78 heavy (non-hydrogen) atoms. The minimum absolute atomic E-state index is 0.0813. The van der Waals surface area contributed by atoms with Gasteiger partial charge < -0.3 is 14.2 Å². The van der Waals surface area contributed by atoms with Crippen molar-refractivity contribution in [2.24, 2.45) is 0 Å². The number of hydrogen-bond acceptors (Lipinski definition) is 6. The van der Waals surface area contributed by atoms with E-state index in [1.807, 2.05) is 0 Å². The van der Waals surface area contributed by atoms with Gasteiger partial charge in [0.1, 0.15) is 13.2 Å². The minimum Gasteiger partial charge on any atom is -0.462 e. The van der Waals surface area contributed by atoms with Gasteiger partial charge in [0.2, 0.25) is 0 Å². The molecule has 0 aliphatic carbocycles. The first-order chi connectivity index (χ1) is 38.5. The molecule has 0 aromatic rings. The van der Waals surface area contributed by atoms with E-state index in [1.54, 1.807) is 0 Å². The molecule has 0 saturated heterocycles. The fourth-order valence-electron chi connectivity index (χ4n) is 9.09. The lowest BCUT2D eigenvalue weighted by Crippen LogP contribution is -2.30. The first-order valence-electron chi connectivity index (χ1n) is 32.9. The molecule has 446 valence electrons. The molecule has 0 radical (unpaired) electrons. The van der Waals surface area contributed by atoms with Crippen LogP contribution in [-0.4, -0.2) is 37.2 Å². The van der Waals surface area contributed by atoms with Crippen LogP contribution in [0.2, 0.25) is 0 Å². The minimum atomic E-state index is -0.785. The number of ether oxygens (including phenoxy) is 3. The average Bonchev–Trinajstić information content (AvgIpc) is 3.44. The summed E-state index contributed by atoms with van der Waals surface area (Å²) in [5, 5.41) is 0. The first-order valence-corrected chi connectivity index (χ1v) is 32.9. The third-order valence-corrected chi connectivity index (χ3v) is 14.0. The molecule has 0 rings (SSSR count). The van der Waals surface area contributed by atoms with Gasteiger partial charge in [-0.25, -0.2) is 0 Å². The monoisotopic (exact) mass is 1080 g/mol. The maximum atomic E-state index is 12.9. The summed E-state index contributed by atoms with van der Waals surface area (Å²) in [7, 11) is 0. The number of carbonyl (C=O) groups is 3. The molecule has 1 atom stereocenters. The molecule has 0 bridgehead atoms. The van der Waals surface area contributed by atoms with Gasteiger partial charge in [0.15, 0.2) is 6.10 Å². The zero-order chi connectivity index (χ0) is 56.4. The van der Waals surface area contributed by atoms with E-state index in [2.05, 4.69) is 130 Å². The van der Waals surface area contributed by atoms with Crippen LogP contribution in [0.5, 0.6) is 0 Å². The van der Waals surface area contributed by atoms with Crippen molar-refractivity contribution in [1.82, 2.24) is 0 Å². The van der Waals surface area contributed by atoms with Crippen molar-refractivity contribution in [3.63, 3.8) is 0 Å². The lowest BCUT2D eigenvalue weighted by molar-refractivity contribution is -0.167. The summed E-state index contributed by atoms with van der Waals surface area (Å²) in [5.41, 5.74) is 0. The van der Waals surface area contributed by atoms with E-state index in [0.29, 0.717) is 19.3 Å². The van der Waals surface area contributed by atoms with Crippen molar-refractivity contribution in [1.29, 1.82) is 0 Å².